The average Bonchev–Trinajstić information content (AvgIpc) is 3.08. The summed E-state index contributed by atoms with van der Waals surface area (Å²) < 4.78 is 0. The van der Waals surface area contributed by atoms with Crippen LogP contribution < -0.4 is 10.6 Å². The predicted molar refractivity (Wildman–Crippen MR) is 108 cm³/mol. The SMILES string of the molecule is O=C(Cc1csc(NC(=O)Cc2ccccc2)n1)NCc1ccccc1Cl. The molecule has 0 unspecified atom stereocenters. The lowest BCUT2D eigenvalue weighted by molar-refractivity contribution is -0.120. The Kier molecular flexibility index (Phi) is 6.57. The molecule has 2 aromatic carbocycles. The molecule has 0 bridgehead atoms. The average molecular weight is 400 g/mol. The molecular formula is C20H18ClN3O2S. The zero-order valence-corrected chi connectivity index (χ0v) is 16.0. The molecule has 0 aliphatic carbocycles. The van der Waals surface area contributed by atoms with Crippen LogP contribution in [0.2, 0.25) is 5.02 Å². The molecule has 138 valence electrons. The summed E-state index contributed by atoms with van der Waals surface area (Å²) >= 11 is 7.38. The highest BCUT2D eigenvalue weighted by Crippen LogP contribution is 2.17. The summed E-state index contributed by atoms with van der Waals surface area (Å²) in [6.45, 7) is 0.364. The maximum atomic E-state index is 12.1. The van der Waals surface area contributed by atoms with Gasteiger partial charge in [0.05, 0.1) is 18.5 Å². The van der Waals surface area contributed by atoms with Crippen molar-refractivity contribution in [2.75, 3.05) is 5.32 Å². The van der Waals surface area contributed by atoms with Gasteiger partial charge in [-0.15, -0.1) is 11.3 Å². The van der Waals surface area contributed by atoms with E-state index in [4.69, 9.17) is 11.6 Å². The quantitative estimate of drug-likeness (QED) is 0.634. The molecule has 3 rings (SSSR count). The van der Waals surface area contributed by atoms with E-state index in [1.807, 2.05) is 48.5 Å². The van der Waals surface area contributed by atoms with E-state index in [1.54, 1.807) is 11.4 Å². The third-order valence-electron chi connectivity index (χ3n) is 3.78. The largest absolute Gasteiger partial charge is 0.352 e. The van der Waals surface area contributed by atoms with Crippen molar-refractivity contribution in [3.8, 4) is 0 Å². The number of carbonyl (C=O) groups excluding carboxylic acids is 2. The first-order valence-electron chi connectivity index (χ1n) is 8.38. The maximum Gasteiger partial charge on any atom is 0.230 e. The Labute approximate surface area is 166 Å². The molecule has 0 fully saturated rings. The molecule has 5 nitrogen and oxygen atoms in total. The molecular weight excluding hydrogens is 382 g/mol. The Morgan fingerprint density at radius 2 is 1.70 bits per heavy atom. The van der Waals surface area contributed by atoms with E-state index in [1.165, 1.54) is 11.3 Å². The molecule has 0 atom stereocenters. The first-order chi connectivity index (χ1) is 13.1. The van der Waals surface area contributed by atoms with Crippen molar-refractivity contribution in [3.63, 3.8) is 0 Å². The van der Waals surface area contributed by atoms with Gasteiger partial charge in [0.15, 0.2) is 5.13 Å². The van der Waals surface area contributed by atoms with Gasteiger partial charge in [0.1, 0.15) is 0 Å². The lowest BCUT2D eigenvalue weighted by Crippen LogP contribution is -2.24. The predicted octanol–water partition coefficient (Wildman–Crippen LogP) is 3.84. The second-order valence-corrected chi connectivity index (χ2v) is 7.16. The van der Waals surface area contributed by atoms with E-state index >= 15 is 0 Å². The van der Waals surface area contributed by atoms with Crippen molar-refractivity contribution in [1.82, 2.24) is 10.3 Å². The number of rotatable bonds is 7. The highest BCUT2D eigenvalue weighted by atomic mass is 35.5. The summed E-state index contributed by atoms with van der Waals surface area (Å²) in [5.74, 6) is -0.285. The van der Waals surface area contributed by atoms with Gasteiger partial charge in [-0.3, -0.25) is 9.59 Å². The number of benzene rings is 2. The number of nitrogens with one attached hydrogen (secondary N) is 2. The third-order valence-corrected chi connectivity index (χ3v) is 4.96. The van der Waals surface area contributed by atoms with Gasteiger partial charge in [-0.1, -0.05) is 60.1 Å². The number of halogens is 1. The highest BCUT2D eigenvalue weighted by molar-refractivity contribution is 7.13. The van der Waals surface area contributed by atoms with Crippen LogP contribution >= 0.6 is 22.9 Å². The molecule has 0 aliphatic rings. The molecule has 0 saturated carbocycles. The second-order valence-electron chi connectivity index (χ2n) is 5.90. The van der Waals surface area contributed by atoms with Gasteiger partial charge in [-0.05, 0) is 17.2 Å². The molecule has 0 saturated heterocycles. The van der Waals surface area contributed by atoms with Crippen LogP contribution in [0.4, 0.5) is 5.13 Å². The first kappa shape index (κ1) is 19.1. The molecule has 0 radical (unpaired) electrons. The van der Waals surface area contributed by atoms with Crippen LogP contribution in [-0.2, 0) is 29.0 Å². The summed E-state index contributed by atoms with van der Waals surface area (Å²) in [6, 6.07) is 16.9. The number of carbonyl (C=O) groups is 2. The molecule has 0 aliphatic heterocycles. The van der Waals surface area contributed by atoms with Crippen molar-refractivity contribution in [1.29, 1.82) is 0 Å². The molecule has 1 aromatic heterocycles. The third kappa shape index (κ3) is 5.91. The fourth-order valence-corrected chi connectivity index (χ4v) is 3.38. The van der Waals surface area contributed by atoms with Crippen LogP contribution in [0.15, 0.2) is 60.0 Å². The van der Waals surface area contributed by atoms with Crippen molar-refractivity contribution < 1.29 is 9.59 Å². The van der Waals surface area contributed by atoms with Gasteiger partial charge >= 0.3 is 0 Å². The number of nitrogens with zero attached hydrogens (tertiary/aromatic N) is 1. The van der Waals surface area contributed by atoms with E-state index in [0.29, 0.717) is 22.4 Å². The van der Waals surface area contributed by atoms with E-state index < -0.39 is 0 Å². The van der Waals surface area contributed by atoms with E-state index in [0.717, 1.165) is 11.1 Å². The Morgan fingerprint density at radius 3 is 2.48 bits per heavy atom. The lowest BCUT2D eigenvalue weighted by Gasteiger charge is -2.06. The lowest BCUT2D eigenvalue weighted by atomic mass is 10.1. The summed E-state index contributed by atoms with van der Waals surface area (Å²) in [5, 5.41) is 8.48. The monoisotopic (exact) mass is 399 g/mol. The Morgan fingerprint density at radius 1 is 0.963 bits per heavy atom. The standard InChI is InChI=1S/C20H18ClN3O2S/c21-17-9-5-4-8-15(17)12-22-18(25)11-16-13-27-20(23-16)24-19(26)10-14-6-2-1-3-7-14/h1-9,13H,10-12H2,(H,22,25)(H,23,24,26). The van der Waals surface area contributed by atoms with E-state index in [-0.39, 0.29) is 24.7 Å². The summed E-state index contributed by atoms with van der Waals surface area (Å²) in [5.41, 5.74) is 2.41. The van der Waals surface area contributed by atoms with Gasteiger partial charge in [0.2, 0.25) is 11.8 Å². The fourth-order valence-electron chi connectivity index (χ4n) is 2.45. The Bertz CT molecular complexity index is 928. The molecule has 27 heavy (non-hydrogen) atoms. The smallest absolute Gasteiger partial charge is 0.230 e. The minimum absolute atomic E-state index is 0.134. The number of thiazole rings is 1. The van der Waals surface area contributed by atoms with E-state index in [9.17, 15) is 9.59 Å². The van der Waals surface area contributed by atoms with Crippen LogP contribution in [-0.4, -0.2) is 16.8 Å². The number of aromatic nitrogens is 1. The molecule has 2 amide bonds. The number of hydrogen-bond acceptors (Lipinski definition) is 4. The number of amides is 2. The molecule has 2 N–H and O–H groups in total. The van der Waals surface area contributed by atoms with Crippen LogP contribution in [0.3, 0.4) is 0 Å². The maximum absolute atomic E-state index is 12.1. The minimum atomic E-state index is -0.151. The highest BCUT2D eigenvalue weighted by Gasteiger charge is 2.11. The topological polar surface area (TPSA) is 71.1 Å². The summed E-state index contributed by atoms with van der Waals surface area (Å²) in [6.07, 6.45) is 0.434. The van der Waals surface area contributed by atoms with Gasteiger partial charge in [0.25, 0.3) is 0 Å². The van der Waals surface area contributed by atoms with Gasteiger partial charge in [-0.2, -0.15) is 0 Å². The summed E-state index contributed by atoms with van der Waals surface area (Å²) in [7, 11) is 0. The second kappa shape index (κ2) is 9.30. The van der Waals surface area contributed by atoms with Crippen molar-refractivity contribution in [2.45, 2.75) is 19.4 Å². The van der Waals surface area contributed by atoms with Crippen LogP contribution in [0.5, 0.6) is 0 Å². The van der Waals surface area contributed by atoms with Crippen molar-refractivity contribution in [3.05, 3.63) is 81.8 Å². The Hall–Kier alpha value is -2.70. The molecule has 7 heteroatoms. The number of anilines is 1. The Balaban J connectivity index is 1.48. The molecule has 3 aromatic rings. The van der Waals surface area contributed by atoms with Crippen LogP contribution in [0, 0.1) is 0 Å². The first-order valence-corrected chi connectivity index (χ1v) is 9.64. The van der Waals surface area contributed by atoms with Gasteiger partial charge in [0, 0.05) is 16.9 Å². The normalized spacial score (nSPS) is 10.4. The van der Waals surface area contributed by atoms with Gasteiger partial charge in [-0.25, -0.2) is 4.98 Å². The van der Waals surface area contributed by atoms with E-state index in [2.05, 4.69) is 15.6 Å². The summed E-state index contributed by atoms with van der Waals surface area (Å²) in [4.78, 5) is 28.5. The zero-order chi connectivity index (χ0) is 19.1. The van der Waals surface area contributed by atoms with Gasteiger partial charge < -0.3 is 10.6 Å². The van der Waals surface area contributed by atoms with Crippen molar-refractivity contribution in [2.24, 2.45) is 0 Å². The zero-order valence-electron chi connectivity index (χ0n) is 14.4. The minimum Gasteiger partial charge on any atom is -0.352 e. The molecule has 1 heterocycles. The van der Waals surface area contributed by atoms with Crippen molar-refractivity contribution >= 4 is 39.9 Å². The van der Waals surface area contributed by atoms with Crippen LogP contribution in [0.25, 0.3) is 0 Å². The fraction of sp³-hybridized carbons (Fsp3) is 0.150. The van der Waals surface area contributed by atoms with Crippen LogP contribution in [0.1, 0.15) is 16.8 Å². The molecule has 0 spiro atoms. The number of hydrogen-bond donors (Lipinski definition) is 2.